The number of rotatable bonds is 5. The smallest absolute Gasteiger partial charge is 0.252 e. The van der Waals surface area contributed by atoms with Gasteiger partial charge in [-0.15, -0.1) is 11.3 Å². The molecule has 1 aliphatic heterocycles. The van der Waals surface area contributed by atoms with Crippen LogP contribution in [0.5, 0.6) is 0 Å². The highest BCUT2D eigenvalue weighted by Crippen LogP contribution is 2.22. The first kappa shape index (κ1) is 17.8. The zero-order valence-electron chi connectivity index (χ0n) is 13.8. The van der Waals surface area contributed by atoms with E-state index < -0.39 is 10.0 Å². The van der Waals surface area contributed by atoms with Gasteiger partial charge < -0.3 is 5.32 Å². The van der Waals surface area contributed by atoms with Crippen molar-refractivity contribution in [1.29, 1.82) is 0 Å². The molecule has 2 heterocycles. The Morgan fingerprint density at radius 3 is 2.50 bits per heavy atom. The van der Waals surface area contributed by atoms with E-state index in [9.17, 15) is 13.2 Å². The number of piperazine rings is 1. The average Bonchev–Trinajstić information content (AvgIpc) is 3.11. The summed E-state index contributed by atoms with van der Waals surface area (Å²) < 4.78 is 26.9. The van der Waals surface area contributed by atoms with E-state index in [1.807, 2.05) is 4.90 Å². The lowest BCUT2D eigenvalue weighted by Crippen LogP contribution is -2.51. The van der Waals surface area contributed by atoms with Crippen molar-refractivity contribution in [2.75, 3.05) is 32.7 Å². The second kappa shape index (κ2) is 7.95. The van der Waals surface area contributed by atoms with E-state index in [4.69, 9.17) is 0 Å². The fourth-order valence-electron chi connectivity index (χ4n) is 3.39. The van der Waals surface area contributed by atoms with Crippen LogP contribution < -0.4 is 5.32 Å². The highest BCUT2D eigenvalue weighted by atomic mass is 32.2. The van der Waals surface area contributed by atoms with Crippen LogP contribution in [0.4, 0.5) is 0 Å². The molecule has 0 atom stereocenters. The highest BCUT2D eigenvalue weighted by Gasteiger charge is 2.29. The van der Waals surface area contributed by atoms with Crippen LogP contribution in [0.15, 0.2) is 21.7 Å². The summed E-state index contributed by atoms with van der Waals surface area (Å²) in [7, 11) is -3.37. The topological polar surface area (TPSA) is 69.7 Å². The van der Waals surface area contributed by atoms with Gasteiger partial charge in [-0.3, -0.25) is 9.69 Å². The maximum Gasteiger partial charge on any atom is 0.252 e. The van der Waals surface area contributed by atoms with Gasteiger partial charge >= 0.3 is 0 Å². The summed E-state index contributed by atoms with van der Waals surface area (Å²) in [5.41, 5.74) is 0. The summed E-state index contributed by atoms with van der Waals surface area (Å²) in [6, 6.07) is 3.72. The number of nitrogens with zero attached hydrogens (tertiary/aromatic N) is 2. The number of hydrogen-bond acceptors (Lipinski definition) is 5. The molecule has 1 amide bonds. The Morgan fingerprint density at radius 2 is 1.88 bits per heavy atom. The van der Waals surface area contributed by atoms with E-state index in [0.29, 0.717) is 43.0 Å². The van der Waals surface area contributed by atoms with E-state index in [1.54, 1.807) is 17.5 Å². The molecule has 2 fully saturated rings. The third kappa shape index (κ3) is 4.36. The van der Waals surface area contributed by atoms with Crippen LogP contribution in [0.2, 0.25) is 0 Å². The monoisotopic (exact) mass is 371 g/mol. The number of amides is 1. The Hall–Kier alpha value is -0.960. The zero-order valence-corrected chi connectivity index (χ0v) is 15.4. The van der Waals surface area contributed by atoms with E-state index >= 15 is 0 Å². The third-order valence-electron chi connectivity index (χ3n) is 4.76. The normalized spacial score (nSPS) is 21.7. The largest absolute Gasteiger partial charge is 0.352 e. The van der Waals surface area contributed by atoms with Crippen LogP contribution >= 0.6 is 11.3 Å². The molecule has 0 radical (unpaired) electrons. The molecule has 6 nitrogen and oxygen atoms in total. The molecule has 2 aliphatic rings. The van der Waals surface area contributed by atoms with Gasteiger partial charge in [0.25, 0.3) is 10.0 Å². The summed E-state index contributed by atoms with van der Waals surface area (Å²) in [6.07, 6.45) is 5.83. The summed E-state index contributed by atoms with van der Waals surface area (Å²) >= 11 is 1.25. The van der Waals surface area contributed by atoms with Gasteiger partial charge in [0.2, 0.25) is 5.91 Å². The third-order valence-corrected chi connectivity index (χ3v) is 8.03. The first-order valence-electron chi connectivity index (χ1n) is 8.61. The van der Waals surface area contributed by atoms with E-state index in [0.717, 1.165) is 12.8 Å². The van der Waals surface area contributed by atoms with Crippen LogP contribution in [0.25, 0.3) is 0 Å². The first-order valence-corrected chi connectivity index (χ1v) is 10.9. The number of nitrogens with one attached hydrogen (secondary N) is 1. The van der Waals surface area contributed by atoms with Crippen LogP contribution in [0.3, 0.4) is 0 Å². The molecule has 1 N–H and O–H groups in total. The fraction of sp³-hybridized carbons (Fsp3) is 0.688. The molecular formula is C16H25N3O3S2. The van der Waals surface area contributed by atoms with Crippen molar-refractivity contribution >= 4 is 27.3 Å². The first-order chi connectivity index (χ1) is 11.6. The van der Waals surface area contributed by atoms with Crippen molar-refractivity contribution in [3.8, 4) is 0 Å². The number of carbonyl (C=O) groups is 1. The second-order valence-corrected chi connectivity index (χ2v) is 9.63. The van der Waals surface area contributed by atoms with Crippen molar-refractivity contribution in [2.24, 2.45) is 0 Å². The lowest BCUT2D eigenvalue weighted by Gasteiger charge is -2.33. The molecule has 24 heavy (non-hydrogen) atoms. The van der Waals surface area contributed by atoms with Crippen molar-refractivity contribution in [3.05, 3.63) is 17.5 Å². The fourth-order valence-corrected chi connectivity index (χ4v) is 5.96. The molecule has 0 spiro atoms. The van der Waals surface area contributed by atoms with Gasteiger partial charge in [-0.2, -0.15) is 4.31 Å². The van der Waals surface area contributed by atoms with Crippen molar-refractivity contribution in [3.63, 3.8) is 0 Å². The Balaban J connectivity index is 1.46. The lowest BCUT2D eigenvalue weighted by atomic mass is 9.95. The van der Waals surface area contributed by atoms with Crippen LogP contribution in [-0.2, 0) is 14.8 Å². The SMILES string of the molecule is O=C(CN1CCN(S(=O)(=O)c2cccs2)CC1)NC1CCCCC1. The summed E-state index contributed by atoms with van der Waals surface area (Å²) in [5.74, 6) is 0.0662. The quantitative estimate of drug-likeness (QED) is 0.852. The van der Waals surface area contributed by atoms with Gasteiger partial charge in [-0.05, 0) is 24.3 Å². The van der Waals surface area contributed by atoms with Crippen LogP contribution in [0.1, 0.15) is 32.1 Å². The average molecular weight is 372 g/mol. The summed E-state index contributed by atoms with van der Waals surface area (Å²) in [5, 5.41) is 4.90. The summed E-state index contributed by atoms with van der Waals surface area (Å²) in [6.45, 7) is 2.45. The minimum absolute atomic E-state index is 0.0662. The molecule has 0 bridgehead atoms. The predicted octanol–water partition coefficient (Wildman–Crippen LogP) is 1.50. The molecule has 1 aliphatic carbocycles. The minimum Gasteiger partial charge on any atom is -0.352 e. The second-order valence-electron chi connectivity index (χ2n) is 6.51. The van der Waals surface area contributed by atoms with Crippen molar-refractivity contribution in [1.82, 2.24) is 14.5 Å². The highest BCUT2D eigenvalue weighted by molar-refractivity contribution is 7.91. The van der Waals surface area contributed by atoms with Crippen molar-refractivity contribution in [2.45, 2.75) is 42.4 Å². The van der Waals surface area contributed by atoms with Crippen LogP contribution in [-0.4, -0.2) is 62.3 Å². The van der Waals surface area contributed by atoms with E-state index in [-0.39, 0.29) is 5.91 Å². The standard InChI is InChI=1S/C16H25N3O3S2/c20-15(17-14-5-2-1-3-6-14)13-18-8-10-19(11-9-18)24(21,22)16-7-4-12-23-16/h4,7,12,14H,1-3,5-6,8-11,13H2,(H,17,20). The Bertz CT molecular complexity index is 632. The maximum absolute atomic E-state index is 12.5. The molecule has 8 heteroatoms. The molecule has 134 valence electrons. The molecule has 1 aromatic heterocycles. The minimum atomic E-state index is -3.37. The number of sulfonamides is 1. The molecule has 3 rings (SSSR count). The van der Waals surface area contributed by atoms with Gasteiger partial charge in [0, 0.05) is 32.2 Å². The van der Waals surface area contributed by atoms with Crippen molar-refractivity contribution < 1.29 is 13.2 Å². The number of carbonyl (C=O) groups excluding carboxylic acids is 1. The van der Waals surface area contributed by atoms with Gasteiger partial charge in [0.1, 0.15) is 4.21 Å². The molecule has 0 aromatic carbocycles. The number of hydrogen-bond donors (Lipinski definition) is 1. The van der Waals surface area contributed by atoms with E-state index in [1.165, 1.54) is 34.9 Å². The number of thiophene rings is 1. The Morgan fingerprint density at radius 1 is 1.17 bits per heavy atom. The molecule has 0 unspecified atom stereocenters. The summed E-state index contributed by atoms with van der Waals surface area (Å²) in [4.78, 5) is 14.2. The maximum atomic E-state index is 12.5. The zero-order chi connectivity index (χ0) is 17.0. The molecule has 1 saturated heterocycles. The lowest BCUT2D eigenvalue weighted by molar-refractivity contribution is -0.123. The van der Waals surface area contributed by atoms with Gasteiger partial charge in [0.15, 0.2) is 0 Å². The van der Waals surface area contributed by atoms with Gasteiger partial charge in [0.05, 0.1) is 6.54 Å². The molecule has 1 aromatic rings. The molecule has 1 saturated carbocycles. The Labute approximate surface area is 147 Å². The van der Waals surface area contributed by atoms with E-state index in [2.05, 4.69) is 5.32 Å². The van der Waals surface area contributed by atoms with Gasteiger partial charge in [-0.25, -0.2) is 8.42 Å². The van der Waals surface area contributed by atoms with Crippen LogP contribution in [0, 0.1) is 0 Å². The van der Waals surface area contributed by atoms with Gasteiger partial charge in [-0.1, -0.05) is 25.3 Å². The predicted molar refractivity (Wildman–Crippen MR) is 94.5 cm³/mol. The Kier molecular flexibility index (Phi) is 5.91. The molecular weight excluding hydrogens is 346 g/mol.